The van der Waals surface area contributed by atoms with E-state index in [9.17, 15) is 4.39 Å². The zero-order valence-corrected chi connectivity index (χ0v) is 11.0. The fraction of sp³-hybridized carbons (Fsp3) is 0.154. The molecule has 5 heteroatoms. The fourth-order valence-corrected chi connectivity index (χ4v) is 1.75. The van der Waals surface area contributed by atoms with E-state index in [-0.39, 0.29) is 12.5 Å². The summed E-state index contributed by atoms with van der Waals surface area (Å²) in [6.07, 6.45) is 2.06. The predicted molar refractivity (Wildman–Crippen MR) is 69.2 cm³/mol. The number of hydrogen-bond donors (Lipinski definition) is 1. The molecule has 2 aromatic rings. The quantitative estimate of drug-likeness (QED) is 0.942. The molecular formula is C13H11BrFNO2. The maximum absolute atomic E-state index is 13.5. The molecule has 0 aliphatic carbocycles. The molecule has 1 aromatic heterocycles. The van der Waals surface area contributed by atoms with Gasteiger partial charge >= 0.3 is 0 Å². The fourth-order valence-electron chi connectivity index (χ4n) is 1.44. The SMILES string of the molecule is OCCc1ccc(Oc2ncc(Br)cc2F)cc1. The number of halogens is 2. The first-order valence-electron chi connectivity index (χ1n) is 5.38. The molecule has 0 fully saturated rings. The molecule has 1 N–H and O–H groups in total. The van der Waals surface area contributed by atoms with Gasteiger partial charge in [0.2, 0.25) is 0 Å². The van der Waals surface area contributed by atoms with Crippen molar-refractivity contribution in [2.45, 2.75) is 6.42 Å². The lowest BCUT2D eigenvalue weighted by atomic mass is 10.1. The van der Waals surface area contributed by atoms with Crippen molar-refractivity contribution in [2.75, 3.05) is 6.61 Å². The monoisotopic (exact) mass is 311 g/mol. The van der Waals surface area contributed by atoms with Gasteiger partial charge in [-0.3, -0.25) is 0 Å². The minimum atomic E-state index is -0.524. The summed E-state index contributed by atoms with van der Waals surface area (Å²) >= 11 is 3.13. The van der Waals surface area contributed by atoms with E-state index in [0.29, 0.717) is 16.6 Å². The summed E-state index contributed by atoms with van der Waals surface area (Å²) in [6.45, 7) is 0.100. The maximum Gasteiger partial charge on any atom is 0.255 e. The third kappa shape index (κ3) is 3.27. The second kappa shape index (κ2) is 5.93. The van der Waals surface area contributed by atoms with Crippen molar-refractivity contribution >= 4 is 15.9 Å². The normalized spacial score (nSPS) is 10.4. The Morgan fingerprint density at radius 2 is 2.00 bits per heavy atom. The molecule has 3 nitrogen and oxygen atoms in total. The van der Waals surface area contributed by atoms with Gasteiger partial charge in [0.1, 0.15) is 5.75 Å². The molecule has 1 aromatic carbocycles. The third-order valence-electron chi connectivity index (χ3n) is 2.31. The van der Waals surface area contributed by atoms with Crippen molar-refractivity contribution in [3.8, 4) is 11.6 Å². The lowest BCUT2D eigenvalue weighted by molar-refractivity contribution is 0.299. The zero-order valence-electron chi connectivity index (χ0n) is 9.44. The van der Waals surface area contributed by atoms with Crippen LogP contribution >= 0.6 is 15.9 Å². The van der Waals surface area contributed by atoms with Crippen molar-refractivity contribution in [2.24, 2.45) is 0 Å². The number of rotatable bonds is 4. The maximum atomic E-state index is 13.5. The Morgan fingerprint density at radius 3 is 2.61 bits per heavy atom. The van der Waals surface area contributed by atoms with Gasteiger partial charge in [0.15, 0.2) is 5.82 Å². The minimum absolute atomic E-state index is 0.0619. The number of ether oxygens (including phenoxy) is 1. The van der Waals surface area contributed by atoms with Crippen LogP contribution in [0.5, 0.6) is 11.6 Å². The van der Waals surface area contributed by atoms with E-state index in [0.717, 1.165) is 5.56 Å². The summed E-state index contributed by atoms with van der Waals surface area (Å²) in [4.78, 5) is 3.85. The number of nitrogens with zero attached hydrogens (tertiary/aromatic N) is 1. The standard InChI is InChI=1S/C13H11BrFNO2/c14-10-7-12(15)13(16-8-10)18-11-3-1-9(2-4-11)5-6-17/h1-4,7-8,17H,5-6H2. The van der Waals surface area contributed by atoms with Crippen LogP contribution in [0.2, 0.25) is 0 Å². The van der Waals surface area contributed by atoms with Gasteiger partial charge < -0.3 is 9.84 Å². The summed E-state index contributed by atoms with van der Waals surface area (Å²) in [5.41, 5.74) is 0.995. The van der Waals surface area contributed by atoms with Crippen LogP contribution in [0.25, 0.3) is 0 Å². The average Bonchev–Trinajstić information content (AvgIpc) is 2.35. The second-order valence-electron chi connectivity index (χ2n) is 3.66. The Bertz CT molecular complexity index is 531. The van der Waals surface area contributed by atoms with Crippen LogP contribution < -0.4 is 4.74 Å². The number of hydrogen-bond acceptors (Lipinski definition) is 3. The van der Waals surface area contributed by atoms with Crippen molar-refractivity contribution < 1.29 is 14.2 Å². The first-order chi connectivity index (χ1) is 8.69. The highest BCUT2D eigenvalue weighted by molar-refractivity contribution is 9.10. The molecule has 1 heterocycles. The number of benzene rings is 1. The van der Waals surface area contributed by atoms with E-state index < -0.39 is 5.82 Å². The first-order valence-corrected chi connectivity index (χ1v) is 6.17. The Balaban J connectivity index is 2.13. The number of aromatic nitrogens is 1. The van der Waals surface area contributed by atoms with Gasteiger partial charge in [0.25, 0.3) is 5.88 Å². The van der Waals surface area contributed by atoms with Gasteiger partial charge in [-0.2, -0.15) is 0 Å². The van der Waals surface area contributed by atoms with Crippen molar-refractivity contribution in [1.82, 2.24) is 4.98 Å². The molecule has 0 bridgehead atoms. The van der Waals surface area contributed by atoms with Crippen LogP contribution in [0, 0.1) is 5.82 Å². The third-order valence-corrected chi connectivity index (χ3v) is 2.75. The Hall–Kier alpha value is -1.46. The predicted octanol–water partition coefficient (Wildman–Crippen LogP) is 3.31. The molecular weight excluding hydrogens is 301 g/mol. The molecule has 2 rings (SSSR count). The number of aliphatic hydroxyl groups excluding tert-OH is 1. The highest BCUT2D eigenvalue weighted by Crippen LogP contribution is 2.24. The average molecular weight is 312 g/mol. The Labute approximate surface area is 112 Å². The Kier molecular flexibility index (Phi) is 4.28. The summed E-state index contributed by atoms with van der Waals surface area (Å²) < 4.78 is 19.4. The van der Waals surface area contributed by atoms with Gasteiger partial charge in [-0.25, -0.2) is 9.37 Å². The van der Waals surface area contributed by atoms with Gasteiger partial charge in [-0.1, -0.05) is 12.1 Å². The van der Waals surface area contributed by atoms with Crippen LogP contribution in [0.1, 0.15) is 5.56 Å². The highest BCUT2D eigenvalue weighted by Gasteiger charge is 2.07. The Morgan fingerprint density at radius 1 is 1.28 bits per heavy atom. The minimum Gasteiger partial charge on any atom is -0.436 e. The molecule has 0 saturated carbocycles. The van der Waals surface area contributed by atoms with Gasteiger partial charge in [0, 0.05) is 17.3 Å². The largest absolute Gasteiger partial charge is 0.436 e. The smallest absolute Gasteiger partial charge is 0.255 e. The molecule has 0 aliphatic rings. The zero-order chi connectivity index (χ0) is 13.0. The van der Waals surface area contributed by atoms with Gasteiger partial charge in [-0.05, 0) is 46.1 Å². The molecule has 0 radical (unpaired) electrons. The van der Waals surface area contributed by atoms with E-state index in [1.54, 1.807) is 12.1 Å². The lowest BCUT2D eigenvalue weighted by Gasteiger charge is -2.06. The summed E-state index contributed by atoms with van der Waals surface area (Å²) in [5, 5.41) is 8.79. The summed E-state index contributed by atoms with van der Waals surface area (Å²) in [6, 6.07) is 8.37. The molecule has 0 unspecified atom stereocenters. The molecule has 94 valence electrons. The van der Waals surface area contributed by atoms with Crippen LogP contribution in [-0.2, 0) is 6.42 Å². The van der Waals surface area contributed by atoms with Gasteiger partial charge in [0.05, 0.1) is 0 Å². The van der Waals surface area contributed by atoms with Gasteiger partial charge in [-0.15, -0.1) is 0 Å². The highest BCUT2D eigenvalue weighted by atomic mass is 79.9. The van der Waals surface area contributed by atoms with E-state index >= 15 is 0 Å². The first kappa shape index (κ1) is 13.0. The molecule has 0 amide bonds. The van der Waals surface area contributed by atoms with E-state index in [1.165, 1.54) is 12.3 Å². The number of pyridine rings is 1. The molecule has 0 spiro atoms. The van der Waals surface area contributed by atoms with E-state index in [2.05, 4.69) is 20.9 Å². The summed E-state index contributed by atoms with van der Waals surface area (Å²) in [5.74, 6) is -0.0812. The van der Waals surface area contributed by atoms with E-state index in [4.69, 9.17) is 9.84 Å². The molecule has 0 saturated heterocycles. The molecule has 0 aliphatic heterocycles. The van der Waals surface area contributed by atoms with Crippen LogP contribution in [0.4, 0.5) is 4.39 Å². The lowest BCUT2D eigenvalue weighted by Crippen LogP contribution is -1.93. The van der Waals surface area contributed by atoms with Crippen LogP contribution in [0.15, 0.2) is 41.0 Å². The summed E-state index contributed by atoms with van der Waals surface area (Å²) in [7, 11) is 0. The van der Waals surface area contributed by atoms with Crippen molar-refractivity contribution in [3.63, 3.8) is 0 Å². The van der Waals surface area contributed by atoms with Crippen molar-refractivity contribution in [3.05, 3.63) is 52.4 Å². The molecule has 0 atom stereocenters. The molecule has 18 heavy (non-hydrogen) atoms. The van der Waals surface area contributed by atoms with Crippen molar-refractivity contribution in [1.29, 1.82) is 0 Å². The van der Waals surface area contributed by atoms with E-state index in [1.807, 2.05) is 12.1 Å². The second-order valence-corrected chi connectivity index (χ2v) is 4.58. The topological polar surface area (TPSA) is 42.4 Å². The number of aliphatic hydroxyl groups is 1. The van der Waals surface area contributed by atoms with Crippen LogP contribution in [0.3, 0.4) is 0 Å². The van der Waals surface area contributed by atoms with Crippen LogP contribution in [-0.4, -0.2) is 16.7 Å².